The van der Waals surface area contributed by atoms with Crippen LogP contribution in [0.5, 0.6) is 5.75 Å². The molecule has 37 heavy (non-hydrogen) atoms. The number of aliphatic hydroxyl groups excluding tert-OH is 1. The molecule has 2 aromatic carbocycles. The van der Waals surface area contributed by atoms with Gasteiger partial charge in [-0.2, -0.15) is 0 Å². The number of Topliss-reactive ketones (excluding diaryl/α,β-unsaturated/α-hetero) is 1. The number of ether oxygens (including phenoxy) is 2. The second kappa shape index (κ2) is 12.5. The first-order valence-corrected chi connectivity index (χ1v) is 12.0. The molecule has 0 aliphatic carbocycles. The Kier molecular flexibility index (Phi) is 9.37. The number of methoxy groups -OCH3 is 1. The van der Waals surface area contributed by atoms with Gasteiger partial charge in [0.15, 0.2) is 5.78 Å². The van der Waals surface area contributed by atoms with Gasteiger partial charge in [-0.05, 0) is 43.5 Å². The number of aliphatic hydroxyl groups is 1. The molecule has 4 atom stereocenters. The molecule has 10 heteroatoms. The van der Waals surface area contributed by atoms with Crippen LogP contribution >= 0.6 is 0 Å². The van der Waals surface area contributed by atoms with E-state index in [-0.39, 0.29) is 25.2 Å². The smallest absolute Gasteiger partial charge is 0.246 e. The lowest BCUT2D eigenvalue weighted by molar-refractivity contribution is -0.134. The largest absolute Gasteiger partial charge is 0.497 e. The summed E-state index contributed by atoms with van der Waals surface area (Å²) >= 11 is 0. The van der Waals surface area contributed by atoms with Crippen LogP contribution in [-0.4, -0.2) is 72.7 Å². The van der Waals surface area contributed by atoms with Gasteiger partial charge in [0.2, 0.25) is 17.7 Å². The molecule has 1 aliphatic heterocycles. The average molecular weight is 512 g/mol. The number of epoxide rings is 1. The molecule has 1 fully saturated rings. The second-order valence-electron chi connectivity index (χ2n) is 9.20. The maximum absolute atomic E-state index is 13.5. The summed E-state index contributed by atoms with van der Waals surface area (Å²) in [6.07, 6.45) is 0.388. The summed E-state index contributed by atoms with van der Waals surface area (Å²) in [7, 11) is 1.54. The van der Waals surface area contributed by atoms with E-state index in [0.29, 0.717) is 5.75 Å². The molecule has 4 unspecified atom stereocenters. The first-order valence-electron chi connectivity index (χ1n) is 12.0. The highest BCUT2D eigenvalue weighted by molar-refractivity contribution is 5.98. The minimum atomic E-state index is -1.05. The van der Waals surface area contributed by atoms with E-state index in [4.69, 9.17) is 14.6 Å². The Morgan fingerprint density at radius 3 is 2.05 bits per heavy atom. The lowest BCUT2D eigenvalue weighted by Gasteiger charge is -2.25. The SMILES string of the molecule is COc1ccc(CC(NC(=O)C(C)NC(=O)CO)C(=O)NC(Cc2ccccc2)C(=O)C2(C)CO2)cc1. The molecule has 10 nitrogen and oxygen atoms in total. The van der Waals surface area contributed by atoms with E-state index >= 15 is 0 Å². The zero-order valence-corrected chi connectivity index (χ0v) is 21.2. The average Bonchev–Trinajstić information content (AvgIpc) is 3.66. The van der Waals surface area contributed by atoms with Crippen molar-refractivity contribution in [1.29, 1.82) is 0 Å². The number of hydrogen-bond donors (Lipinski definition) is 4. The lowest BCUT2D eigenvalue weighted by atomic mass is 9.94. The van der Waals surface area contributed by atoms with Crippen LogP contribution in [0.25, 0.3) is 0 Å². The van der Waals surface area contributed by atoms with Crippen molar-refractivity contribution in [3.05, 3.63) is 65.7 Å². The van der Waals surface area contributed by atoms with Crippen LogP contribution in [0.3, 0.4) is 0 Å². The highest BCUT2D eigenvalue weighted by Crippen LogP contribution is 2.29. The van der Waals surface area contributed by atoms with Gasteiger partial charge in [-0.15, -0.1) is 0 Å². The molecular weight excluding hydrogens is 478 g/mol. The minimum absolute atomic E-state index is 0.127. The van der Waals surface area contributed by atoms with Crippen LogP contribution in [0.1, 0.15) is 25.0 Å². The molecule has 0 saturated carbocycles. The number of benzene rings is 2. The van der Waals surface area contributed by atoms with Crippen molar-refractivity contribution in [3.63, 3.8) is 0 Å². The summed E-state index contributed by atoms with van der Waals surface area (Å²) in [4.78, 5) is 51.0. The van der Waals surface area contributed by atoms with Gasteiger partial charge < -0.3 is 30.5 Å². The molecule has 3 rings (SSSR count). The predicted octanol–water partition coefficient (Wildman–Crippen LogP) is 0.305. The standard InChI is InChI=1S/C27H33N3O7/c1-17(28-23(32)15-31)25(34)30-22(14-19-9-11-20(36-3)12-10-19)26(35)29-21(24(33)27(2)16-37-27)13-18-7-5-4-6-8-18/h4-12,17,21-22,31H,13-16H2,1-3H3,(H,28,32)(H,29,35)(H,30,34). The van der Waals surface area contributed by atoms with E-state index in [1.165, 1.54) is 6.92 Å². The molecule has 0 bridgehead atoms. The number of ketones is 1. The zero-order chi connectivity index (χ0) is 27.0. The Hall–Kier alpha value is -3.76. The quantitative estimate of drug-likeness (QED) is 0.283. The van der Waals surface area contributed by atoms with E-state index in [0.717, 1.165) is 11.1 Å². The second-order valence-corrected chi connectivity index (χ2v) is 9.20. The van der Waals surface area contributed by atoms with Gasteiger partial charge in [0.05, 0.1) is 19.8 Å². The van der Waals surface area contributed by atoms with Gasteiger partial charge in [-0.1, -0.05) is 42.5 Å². The van der Waals surface area contributed by atoms with E-state index in [2.05, 4.69) is 16.0 Å². The van der Waals surface area contributed by atoms with Crippen molar-refractivity contribution in [2.24, 2.45) is 0 Å². The van der Waals surface area contributed by atoms with Gasteiger partial charge in [0.25, 0.3) is 0 Å². The Bertz CT molecular complexity index is 1100. The zero-order valence-electron chi connectivity index (χ0n) is 21.2. The van der Waals surface area contributed by atoms with Crippen LogP contribution < -0.4 is 20.7 Å². The number of rotatable bonds is 13. The van der Waals surface area contributed by atoms with Gasteiger partial charge in [-0.25, -0.2) is 0 Å². The summed E-state index contributed by atoms with van der Waals surface area (Å²) in [5, 5.41) is 16.8. The monoisotopic (exact) mass is 511 g/mol. The Balaban J connectivity index is 1.80. The van der Waals surface area contributed by atoms with Gasteiger partial charge >= 0.3 is 0 Å². The predicted molar refractivity (Wildman–Crippen MR) is 135 cm³/mol. The van der Waals surface area contributed by atoms with E-state index in [9.17, 15) is 19.2 Å². The molecular formula is C27H33N3O7. The van der Waals surface area contributed by atoms with Crippen molar-refractivity contribution in [1.82, 2.24) is 16.0 Å². The van der Waals surface area contributed by atoms with Gasteiger partial charge in [0, 0.05) is 6.42 Å². The molecule has 1 saturated heterocycles. The van der Waals surface area contributed by atoms with Crippen molar-refractivity contribution in [2.45, 2.75) is 50.4 Å². The Morgan fingerprint density at radius 1 is 0.919 bits per heavy atom. The maximum Gasteiger partial charge on any atom is 0.246 e. The van der Waals surface area contributed by atoms with Crippen molar-refractivity contribution in [2.75, 3.05) is 20.3 Å². The van der Waals surface area contributed by atoms with Crippen LogP contribution in [-0.2, 0) is 36.8 Å². The fraction of sp³-hybridized carbons (Fsp3) is 0.407. The number of carbonyl (C=O) groups is 4. The molecule has 1 aliphatic rings. The number of nitrogens with one attached hydrogen (secondary N) is 3. The highest BCUT2D eigenvalue weighted by Gasteiger charge is 2.50. The summed E-state index contributed by atoms with van der Waals surface area (Å²) in [6.45, 7) is 2.64. The summed E-state index contributed by atoms with van der Waals surface area (Å²) in [5.41, 5.74) is 0.656. The fourth-order valence-electron chi connectivity index (χ4n) is 3.81. The number of amides is 3. The molecule has 198 valence electrons. The molecule has 4 N–H and O–H groups in total. The third-order valence-corrected chi connectivity index (χ3v) is 6.16. The van der Waals surface area contributed by atoms with Crippen LogP contribution in [0.4, 0.5) is 0 Å². The summed E-state index contributed by atoms with van der Waals surface area (Å²) in [6, 6.07) is 13.4. The molecule has 3 amide bonds. The Morgan fingerprint density at radius 2 is 1.49 bits per heavy atom. The van der Waals surface area contributed by atoms with Crippen molar-refractivity contribution >= 4 is 23.5 Å². The molecule has 1 heterocycles. The fourth-order valence-corrected chi connectivity index (χ4v) is 3.81. The van der Waals surface area contributed by atoms with Crippen molar-refractivity contribution in [3.8, 4) is 5.75 Å². The van der Waals surface area contributed by atoms with Gasteiger partial charge in [-0.3, -0.25) is 19.2 Å². The third kappa shape index (κ3) is 7.86. The van der Waals surface area contributed by atoms with E-state index < -0.39 is 48.1 Å². The van der Waals surface area contributed by atoms with Gasteiger partial charge in [0.1, 0.15) is 30.0 Å². The summed E-state index contributed by atoms with van der Waals surface area (Å²) < 4.78 is 10.5. The first kappa shape index (κ1) is 27.8. The first-order chi connectivity index (χ1) is 17.6. The van der Waals surface area contributed by atoms with E-state index in [1.54, 1.807) is 38.3 Å². The maximum atomic E-state index is 13.5. The minimum Gasteiger partial charge on any atom is -0.497 e. The van der Waals surface area contributed by atoms with Crippen LogP contribution in [0.2, 0.25) is 0 Å². The highest BCUT2D eigenvalue weighted by atomic mass is 16.6. The third-order valence-electron chi connectivity index (χ3n) is 6.16. The van der Waals surface area contributed by atoms with Crippen LogP contribution in [0.15, 0.2) is 54.6 Å². The van der Waals surface area contributed by atoms with Crippen LogP contribution in [0, 0.1) is 0 Å². The molecule has 2 aromatic rings. The topological polar surface area (TPSA) is 146 Å². The molecule has 0 aromatic heterocycles. The Labute approximate surface area is 215 Å². The number of hydrogen-bond acceptors (Lipinski definition) is 7. The summed E-state index contributed by atoms with van der Waals surface area (Å²) in [5.74, 6) is -1.49. The normalized spacial score (nSPS) is 18.6. The molecule has 0 spiro atoms. The number of carbonyl (C=O) groups excluding carboxylic acids is 4. The van der Waals surface area contributed by atoms with Crippen molar-refractivity contribution < 1.29 is 33.8 Å². The van der Waals surface area contributed by atoms with E-state index in [1.807, 2.05) is 30.3 Å². The molecule has 0 radical (unpaired) electrons. The lowest BCUT2D eigenvalue weighted by Crippen LogP contribution is -2.57.